The summed E-state index contributed by atoms with van der Waals surface area (Å²) >= 11 is 1.38. The molecule has 1 unspecified atom stereocenters. The molecule has 1 fully saturated rings. The van der Waals surface area contributed by atoms with Gasteiger partial charge in [-0.25, -0.2) is 4.79 Å². The van der Waals surface area contributed by atoms with Crippen molar-refractivity contribution < 1.29 is 19.1 Å². The van der Waals surface area contributed by atoms with Gasteiger partial charge in [-0.05, 0) is 54.9 Å². The molecule has 1 saturated heterocycles. The highest BCUT2D eigenvalue weighted by atomic mass is 32.1. The van der Waals surface area contributed by atoms with Gasteiger partial charge in [0.15, 0.2) is 0 Å². The number of aromatic nitrogens is 1. The van der Waals surface area contributed by atoms with Crippen LogP contribution in [-0.4, -0.2) is 42.8 Å². The zero-order valence-electron chi connectivity index (χ0n) is 18.2. The van der Waals surface area contributed by atoms with E-state index in [1.165, 1.54) is 17.4 Å². The molecule has 1 aliphatic carbocycles. The van der Waals surface area contributed by atoms with E-state index in [4.69, 9.17) is 9.47 Å². The van der Waals surface area contributed by atoms with Gasteiger partial charge in [-0.1, -0.05) is 6.07 Å². The Balaban J connectivity index is 1.33. The minimum absolute atomic E-state index is 0.244. The Morgan fingerprint density at radius 1 is 1.33 bits per heavy atom. The second-order valence-corrected chi connectivity index (χ2v) is 9.24. The van der Waals surface area contributed by atoms with E-state index in [0.29, 0.717) is 42.3 Å². The first-order valence-electron chi connectivity index (χ1n) is 11.1. The number of ether oxygens (including phenoxy) is 2. The Bertz CT molecular complexity index is 1050. The zero-order valence-corrected chi connectivity index (χ0v) is 19.0. The monoisotopic (exact) mass is 466 g/mol. The topological polar surface area (TPSA) is 113 Å². The van der Waals surface area contributed by atoms with Crippen molar-refractivity contribution in [3.05, 3.63) is 52.2 Å². The van der Waals surface area contributed by atoms with Crippen LogP contribution in [0.1, 0.15) is 40.8 Å². The first-order chi connectivity index (χ1) is 16.1. The SMILES string of the molecule is N#Cc1c(NC(=O)C=Cc2cccnc2)sc2c1CCC(OC(=O)NCC1CCOCC1)C2. The zero-order chi connectivity index (χ0) is 23.0. The normalized spacial score (nSPS) is 18.3. The fourth-order valence-corrected chi connectivity index (χ4v) is 5.30. The molecular formula is C24H26N4O4S. The Kier molecular flexibility index (Phi) is 7.70. The van der Waals surface area contributed by atoms with Crippen molar-refractivity contribution >= 4 is 34.4 Å². The molecule has 0 aromatic carbocycles. The molecule has 2 aromatic rings. The maximum Gasteiger partial charge on any atom is 0.407 e. The Morgan fingerprint density at radius 2 is 2.18 bits per heavy atom. The molecule has 2 N–H and O–H groups in total. The fourth-order valence-electron chi connectivity index (χ4n) is 4.03. The number of anilines is 1. The number of nitrogens with one attached hydrogen (secondary N) is 2. The number of rotatable bonds is 6. The van der Waals surface area contributed by atoms with Gasteiger partial charge in [0.1, 0.15) is 17.2 Å². The quantitative estimate of drug-likeness (QED) is 0.628. The maximum absolute atomic E-state index is 12.4. The van der Waals surface area contributed by atoms with Crippen LogP contribution in [-0.2, 0) is 27.1 Å². The summed E-state index contributed by atoms with van der Waals surface area (Å²) in [5.74, 6) is 0.118. The van der Waals surface area contributed by atoms with E-state index >= 15 is 0 Å². The molecule has 0 radical (unpaired) electrons. The highest BCUT2D eigenvalue weighted by Crippen LogP contribution is 2.38. The average Bonchev–Trinajstić information content (AvgIpc) is 3.18. The van der Waals surface area contributed by atoms with Crippen molar-refractivity contribution in [3.63, 3.8) is 0 Å². The van der Waals surface area contributed by atoms with E-state index < -0.39 is 6.09 Å². The molecule has 2 aromatic heterocycles. The van der Waals surface area contributed by atoms with E-state index in [0.717, 1.165) is 42.1 Å². The molecule has 172 valence electrons. The average molecular weight is 467 g/mol. The van der Waals surface area contributed by atoms with Crippen molar-refractivity contribution in [1.29, 1.82) is 5.26 Å². The van der Waals surface area contributed by atoms with Gasteiger partial charge in [-0.15, -0.1) is 11.3 Å². The first-order valence-corrected chi connectivity index (χ1v) is 11.9. The molecule has 2 amide bonds. The number of hydrogen-bond acceptors (Lipinski definition) is 7. The van der Waals surface area contributed by atoms with Crippen molar-refractivity contribution in [2.45, 2.75) is 38.2 Å². The molecule has 1 atom stereocenters. The summed E-state index contributed by atoms with van der Waals surface area (Å²) in [4.78, 5) is 29.6. The van der Waals surface area contributed by atoms with Crippen molar-refractivity contribution in [2.75, 3.05) is 25.1 Å². The molecule has 9 heteroatoms. The number of nitriles is 1. The van der Waals surface area contributed by atoms with E-state index in [2.05, 4.69) is 21.7 Å². The van der Waals surface area contributed by atoms with Crippen LogP contribution in [0.4, 0.5) is 9.80 Å². The largest absolute Gasteiger partial charge is 0.446 e. The summed E-state index contributed by atoms with van der Waals surface area (Å²) in [5.41, 5.74) is 2.26. The molecule has 1 aliphatic heterocycles. The lowest BCUT2D eigenvalue weighted by molar-refractivity contribution is -0.111. The number of hydrogen-bond donors (Lipinski definition) is 2. The second kappa shape index (κ2) is 11.1. The number of amides is 2. The number of carbonyl (C=O) groups excluding carboxylic acids is 2. The summed E-state index contributed by atoms with van der Waals surface area (Å²) in [5, 5.41) is 15.9. The third-order valence-corrected chi connectivity index (χ3v) is 7.00. The molecule has 33 heavy (non-hydrogen) atoms. The second-order valence-electron chi connectivity index (χ2n) is 8.14. The van der Waals surface area contributed by atoms with Crippen LogP contribution >= 0.6 is 11.3 Å². The third-order valence-electron chi connectivity index (χ3n) is 5.83. The van der Waals surface area contributed by atoms with Gasteiger partial charge in [0.05, 0.1) is 5.56 Å². The minimum Gasteiger partial charge on any atom is -0.446 e. The van der Waals surface area contributed by atoms with Crippen LogP contribution in [0.25, 0.3) is 6.08 Å². The first kappa shape index (κ1) is 23.0. The molecule has 2 aliphatic rings. The highest BCUT2D eigenvalue weighted by molar-refractivity contribution is 7.16. The predicted molar refractivity (Wildman–Crippen MR) is 125 cm³/mol. The summed E-state index contributed by atoms with van der Waals surface area (Å²) < 4.78 is 11.0. The van der Waals surface area contributed by atoms with Crippen LogP contribution in [0.5, 0.6) is 0 Å². The maximum atomic E-state index is 12.4. The number of pyridine rings is 1. The van der Waals surface area contributed by atoms with Gasteiger partial charge in [-0.3, -0.25) is 9.78 Å². The molecule has 8 nitrogen and oxygen atoms in total. The molecule has 3 heterocycles. The smallest absolute Gasteiger partial charge is 0.407 e. The van der Waals surface area contributed by atoms with Gasteiger partial charge in [0.2, 0.25) is 5.91 Å². The number of carbonyl (C=O) groups is 2. The Labute approximate surface area is 196 Å². The van der Waals surface area contributed by atoms with Crippen LogP contribution in [0.15, 0.2) is 30.6 Å². The molecular weight excluding hydrogens is 440 g/mol. The Morgan fingerprint density at radius 3 is 2.94 bits per heavy atom. The van der Waals surface area contributed by atoms with E-state index in [-0.39, 0.29) is 12.0 Å². The minimum atomic E-state index is -0.402. The summed E-state index contributed by atoms with van der Waals surface area (Å²) in [6.45, 7) is 2.08. The number of alkyl carbamates (subject to hydrolysis) is 1. The van der Waals surface area contributed by atoms with Crippen LogP contribution in [0.2, 0.25) is 0 Å². The number of thiophene rings is 1. The standard InChI is InChI=1S/C24H26N4O4S/c25-13-20-19-5-4-18(32-24(30)27-15-17-7-10-31-11-8-17)12-21(19)33-23(20)28-22(29)6-3-16-2-1-9-26-14-16/h1-3,6,9,14,17-18H,4-5,7-8,10-12,15H2,(H,27,30)(H,28,29). The lowest BCUT2D eigenvalue weighted by Gasteiger charge is -2.24. The van der Waals surface area contributed by atoms with E-state index in [9.17, 15) is 14.9 Å². The molecule has 0 saturated carbocycles. The predicted octanol–water partition coefficient (Wildman–Crippen LogP) is 3.68. The summed E-state index contributed by atoms with van der Waals surface area (Å²) in [6, 6.07) is 5.87. The number of fused-ring (bicyclic) bond motifs is 1. The van der Waals surface area contributed by atoms with Gasteiger partial charge in [0.25, 0.3) is 0 Å². The van der Waals surface area contributed by atoms with Gasteiger partial charge >= 0.3 is 6.09 Å². The summed E-state index contributed by atoms with van der Waals surface area (Å²) in [6.07, 6.45) is 9.50. The summed E-state index contributed by atoms with van der Waals surface area (Å²) in [7, 11) is 0. The van der Waals surface area contributed by atoms with Crippen LogP contribution in [0, 0.1) is 17.2 Å². The van der Waals surface area contributed by atoms with E-state index in [1.54, 1.807) is 24.5 Å². The van der Waals surface area contributed by atoms with E-state index in [1.807, 2.05) is 6.07 Å². The van der Waals surface area contributed by atoms with Crippen molar-refractivity contribution in [2.24, 2.45) is 5.92 Å². The van der Waals surface area contributed by atoms with Gasteiger partial charge < -0.3 is 20.1 Å². The third kappa shape index (κ3) is 6.18. The fraction of sp³-hybridized carbons (Fsp3) is 0.417. The van der Waals surface area contributed by atoms with Crippen molar-refractivity contribution in [1.82, 2.24) is 10.3 Å². The number of nitrogens with zero attached hydrogens (tertiary/aromatic N) is 2. The highest BCUT2D eigenvalue weighted by Gasteiger charge is 2.28. The lowest BCUT2D eigenvalue weighted by atomic mass is 9.94. The van der Waals surface area contributed by atoms with Crippen molar-refractivity contribution in [3.8, 4) is 6.07 Å². The molecule has 4 rings (SSSR count). The van der Waals surface area contributed by atoms with Crippen LogP contribution in [0.3, 0.4) is 0 Å². The van der Waals surface area contributed by atoms with Gasteiger partial charge in [0, 0.05) is 49.5 Å². The Hall–Kier alpha value is -3.22. The molecule has 0 bridgehead atoms. The lowest BCUT2D eigenvalue weighted by Crippen LogP contribution is -2.36. The van der Waals surface area contributed by atoms with Gasteiger partial charge in [-0.2, -0.15) is 5.26 Å². The van der Waals surface area contributed by atoms with Crippen LogP contribution < -0.4 is 10.6 Å². The molecule has 0 spiro atoms.